The van der Waals surface area contributed by atoms with Crippen molar-refractivity contribution >= 4 is 5.97 Å². The average Bonchev–Trinajstić information content (AvgIpc) is 2.37. The molecule has 1 aromatic carbocycles. The molecule has 0 amide bonds. The summed E-state index contributed by atoms with van der Waals surface area (Å²) in [5.74, 6) is -0.403. The van der Waals surface area contributed by atoms with Gasteiger partial charge >= 0.3 is 5.97 Å². The van der Waals surface area contributed by atoms with Crippen LogP contribution in [0.3, 0.4) is 0 Å². The molecule has 0 aromatic heterocycles. The quantitative estimate of drug-likeness (QED) is 0.753. The van der Waals surface area contributed by atoms with Gasteiger partial charge in [0.25, 0.3) is 0 Å². The predicted octanol–water partition coefficient (Wildman–Crippen LogP) is 1.91. The van der Waals surface area contributed by atoms with Crippen molar-refractivity contribution in [3.05, 3.63) is 35.9 Å². The Labute approximate surface area is 108 Å². The number of carbonyl (C=O) groups is 1. The maximum absolute atomic E-state index is 11.2. The van der Waals surface area contributed by atoms with Crippen molar-refractivity contribution < 1.29 is 19.4 Å². The first kappa shape index (κ1) is 14.7. The lowest BCUT2D eigenvalue weighted by atomic mass is 10.1. The summed E-state index contributed by atoms with van der Waals surface area (Å²) >= 11 is 0. The maximum Gasteiger partial charge on any atom is 0.308 e. The molecule has 1 rings (SSSR count). The molecular weight excluding hydrogens is 232 g/mol. The van der Waals surface area contributed by atoms with Gasteiger partial charge in [-0.15, -0.1) is 0 Å². The number of esters is 1. The minimum absolute atomic E-state index is 0.0379. The molecule has 0 aliphatic heterocycles. The Morgan fingerprint density at radius 1 is 1.33 bits per heavy atom. The summed E-state index contributed by atoms with van der Waals surface area (Å²) in [6.45, 7) is 4.22. The van der Waals surface area contributed by atoms with Crippen molar-refractivity contribution in [2.45, 2.75) is 39.1 Å². The second-order valence-electron chi connectivity index (χ2n) is 4.08. The predicted molar refractivity (Wildman–Crippen MR) is 67.9 cm³/mol. The molecule has 18 heavy (non-hydrogen) atoms. The van der Waals surface area contributed by atoms with Gasteiger partial charge in [0.15, 0.2) is 0 Å². The highest BCUT2D eigenvalue weighted by Gasteiger charge is 2.19. The zero-order valence-corrected chi connectivity index (χ0v) is 10.8. The van der Waals surface area contributed by atoms with Crippen LogP contribution in [0.5, 0.6) is 0 Å². The highest BCUT2D eigenvalue weighted by molar-refractivity contribution is 5.69. The minimum Gasteiger partial charge on any atom is -0.466 e. The van der Waals surface area contributed by atoms with Crippen LogP contribution in [-0.4, -0.2) is 29.9 Å². The van der Waals surface area contributed by atoms with Gasteiger partial charge in [0, 0.05) is 0 Å². The third kappa shape index (κ3) is 5.29. The standard InChI is InChI=1S/C14H20O4/c1-3-17-14(16)9-13(15)11(2)18-10-12-7-5-4-6-8-12/h4-8,11,13,15H,3,9-10H2,1-2H3/t11-,13?/m0/s1. The topological polar surface area (TPSA) is 55.8 Å². The van der Waals surface area contributed by atoms with E-state index in [4.69, 9.17) is 9.47 Å². The highest BCUT2D eigenvalue weighted by Crippen LogP contribution is 2.08. The molecule has 0 heterocycles. The van der Waals surface area contributed by atoms with E-state index in [0.717, 1.165) is 5.56 Å². The van der Waals surface area contributed by atoms with Gasteiger partial charge in [-0.05, 0) is 19.4 Å². The van der Waals surface area contributed by atoms with E-state index in [1.54, 1.807) is 13.8 Å². The molecule has 0 aliphatic rings. The molecule has 0 aliphatic carbocycles. The maximum atomic E-state index is 11.2. The molecule has 100 valence electrons. The summed E-state index contributed by atoms with van der Waals surface area (Å²) in [4.78, 5) is 11.2. The SMILES string of the molecule is CCOC(=O)CC(O)[C@H](C)OCc1ccccc1. The molecule has 0 spiro atoms. The Balaban J connectivity index is 2.31. The largest absolute Gasteiger partial charge is 0.466 e. The van der Waals surface area contributed by atoms with Gasteiger partial charge < -0.3 is 14.6 Å². The van der Waals surface area contributed by atoms with E-state index in [-0.39, 0.29) is 6.42 Å². The van der Waals surface area contributed by atoms with Crippen molar-refractivity contribution in [1.29, 1.82) is 0 Å². The van der Waals surface area contributed by atoms with Gasteiger partial charge in [0.2, 0.25) is 0 Å². The summed E-state index contributed by atoms with van der Waals surface area (Å²) in [7, 11) is 0. The van der Waals surface area contributed by atoms with Crippen LogP contribution in [0.2, 0.25) is 0 Å². The Bertz CT molecular complexity index is 350. The van der Waals surface area contributed by atoms with Crippen molar-refractivity contribution in [1.82, 2.24) is 0 Å². The van der Waals surface area contributed by atoms with Crippen molar-refractivity contribution in [3.63, 3.8) is 0 Å². The lowest BCUT2D eigenvalue weighted by Crippen LogP contribution is -2.29. The van der Waals surface area contributed by atoms with E-state index in [1.165, 1.54) is 0 Å². The van der Waals surface area contributed by atoms with Crippen LogP contribution < -0.4 is 0 Å². The molecule has 0 saturated heterocycles. The van der Waals surface area contributed by atoms with Gasteiger partial charge in [0.05, 0.1) is 31.8 Å². The smallest absolute Gasteiger partial charge is 0.308 e. The molecular formula is C14H20O4. The minimum atomic E-state index is -0.840. The molecule has 1 aromatic rings. The molecule has 1 N–H and O–H groups in total. The normalized spacial score (nSPS) is 13.9. The Morgan fingerprint density at radius 2 is 2.00 bits per heavy atom. The van der Waals surface area contributed by atoms with Crippen LogP contribution in [0.15, 0.2) is 30.3 Å². The van der Waals surface area contributed by atoms with Crippen LogP contribution in [0, 0.1) is 0 Å². The van der Waals surface area contributed by atoms with E-state index in [0.29, 0.717) is 13.2 Å². The lowest BCUT2D eigenvalue weighted by molar-refractivity contribution is -0.148. The molecule has 0 fully saturated rings. The second-order valence-corrected chi connectivity index (χ2v) is 4.08. The number of hydrogen-bond acceptors (Lipinski definition) is 4. The lowest BCUT2D eigenvalue weighted by Gasteiger charge is -2.18. The number of rotatable bonds is 7. The first-order valence-corrected chi connectivity index (χ1v) is 6.12. The number of benzene rings is 1. The fraction of sp³-hybridized carbons (Fsp3) is 0.500. The summed E-state index contributed by atoms with van der Waals surface area (Å²) < 4.78 is 10.3. The fourth-order valence-corrected chi connectivity index (χ4v) is 1.47. The van der Waals surface area contributed by atoms with E-state index in [2.05, 4.69) is 0 Å². The highest BCUT2D eigenvalue weighted by atomic mass is 16.5. The zero-order chi connectivity index (χ0) is 13.4. The molecule has 1 unspecified atom stereocenters. The number of aliphatic hydroxyl groups is 1. The van der Waals surface area contributed by atoms with E-state index in [9.17, 15) is 9.90 Å². The molecule has 2 atom stereocenters. The third-order valence-electron chi connectivity index (χ3n) is 2.58. The van der Waals surface area contributed by atoms with Crippen LogP contribution in [0.4, 0.5) is 0 Å². The molecule has 4 nitrogen and oxygen atoms in total. The first-order chi connectivity index (χ1) is 8.63. The van der Waals surface area contributed by atoms with Crippen LogP contribution in [0.1, 0.15) is 25.8 Å². The van der Waals surface area contributed by atoms with Crippen molar-refractivity contribution in [3.8, 4) is 0 Å². The Kier molecular flexibility index (Phi) is 6.39. The van der Waals surface area contributed by atoms with Gasteiger partial charge in [-0.2, -0.15) is 0 Å². The summed E-state index contributed by atoms with van der Waals surface area (Å²) in [6.07, 6.45) is -1.29. The number of hydrogen-bond donors (Lipinski definition) is 1. The number of ether oxygens (including phenoxy) is 2. The monoisotopic (exact) mass is 252 g/mol. The summed E-state index contributed by atoms with van der Waals surface area (Å²) in [5.41, 5.74) is 1.03. The van der Waals surface area contributed by atoms with Crippen LogP contribution in [-0.2, 0) is 20.9 Å². The van der Waals surface area contributed by atoms with Gasteiger partial charge in [0.1, 0.15) is 0 Å². The third-order valence-corrected chi connectivity index (χ3v) is 2.58. The fourth-order valence-electron chi connectivity index (χ4n) is 1.47. The van der Waals surface area contributed by atoms with Crippen LogP contribution >= 0.6 is 0 Å². The number of carbonyl (C=O) groups excluding carboxylic acids is 1. The molecule has 0 radical (unpaired) electrons. The number of aliphatic hydroxyl groups excluding tert-OH is 1. The second kappa shape index (κ2) is 7.84. The Morgan fingerprint density at radius 3 is 2.61 bits per heavy atom. The molecule has 4 heteroatoms. The van der Waals surface area contributed by atoms with E-state index in [1.807, 2.05) is 30.3 Å². The summed E-state index contributed by atoms with van der Waals surface area (Å²) in [6, 6.07) is 9.69. The zero-order valence-electron chi connectivity index (χ0n) is 10.8. The van der Waals surface area contributed by atoms with Gasteiger partial charge in [-0.3, -0.25) is 4.79 Å². The van der Waals surface area contributed by atoms with E-state index >= 15 is 0 Å². The van der Waals surface area contributed by atoms with Gasteiger partial charge in [-0.1, -0.05) is 30.3 Å². The summed E-state index contributed by atoms with van der Waals surface area (Å²) in [5, 5.41) is 9.77. The van der Waals surface area contributed by atoms with Gasteiger partial charge in [-0.25, -0.2) is 0 Å². The Hall–Kier alpha value is -1.39. The van der Waals surface area contributed by atoms with Crippen LogP contribution in [0.25, 0.3) is 0 Å². The average molecular weight is 252 g/mol. The van der Waals surface area contributed by atoms with E-state index < -0.39 is 18.2 Å². The molecule has 0 bridgehead atoms. The molecule has 0 saturated carbocycles. The first-order valence-electron chi connectivity index (χ1n) is 6.12. The van der Waals surface area contributed by atoms with Crippen molar-refractivity contribution in [2.24, 2.45) is 0 Å². The van der Waals surface area contributed by atoms with Crippen molar-refractivity contribution in [2.75, 3.05) is 6.61 Å².